The Morgan fingerprint density at radius 3 is 3.15 bits per heavy atom. The largest absolute Gasteiger partial charge is 0.476 e. The van der Waals surface area contributed by atoms with Crippen LogP contribution in [0.25, 0.3) is 5.65 Å². The summed E-state index contributed by atoms with van der Waals surface area (Å²) in [6.45, 7) is 0.773. The fourth-order valence-electron chi connectivity index (χ4n) is 2.50. The number of fused-ring (bicyclic) bond motifs is 1. The van der Waals surface area contributed by atoms with Crippen molar-refractivity contribution in [2.45, 2.75) is 24.5 Å². The number of carboxylic acid groups (broad SMARTS) is 1. The van der Waals surface area contributed by atoms with Crippen LogP contribution in [0.1, 0.15) is 29.8 Å². The Balaban J connectivity index is 1.82. The van der Waals surface area contributed by atoms with Crippen LogP contribution in [0.3, 0.4) is 0 Å². The SMILES string of the molecule is O=C(O)c1c(NCC2CCCCS2)nc2ccccn12. The third-order valence-electron chi connectivity index (χ3n) is 3.50. The van der Waals surface area contributed by atoms with E-state index in [1.54, 1.807) is 10.6 Å². The van der Waals surface area contributed by atoms with Gasteiger partial charge in [0, 0.05) is 18.0 Å². The number of carboxylic acids is 1. The predicted octanol–water partition coefficient (Wildman–Crippen LogP) is 2.73. The van der Waals surface area contributed by atoms with Crippen LogP contribution in [0.4, 0.5) is 5.82 Å². The number of hydrogen-bond acceptors (Lipinski definition) is 4. The summed E-state index contributed by atoms with van der Waals surface area (Å²) in [6, 6.07) is 5.48. The van der Waals surface area contributed by atoms with Gasteiger partial charge in [0.2, 0.25) is 0 Å². The molecule has 1 unspecified atom stereocenters. The number of hydrogen-bond donors (Lipinski definition) is 2. The number of rotatable bonds is 4. The van der Waals surface area contributed by atoms with E-state index in [4.69, 9.17) is 0 Å². The van der Waals surface area contributed by atoms with Crippen LogP contribution < -0.4 is 5.32 Å². The van der Waals surface area contributed by atoms with Gasteiger partial charge >= 0.3 is 5.97 Å². The van der Waals surface area contributed by atoms with E-state index in [0.29, 0.717) is 16.7 Å². The molecule has 0 aromatic carbocycles. The van der Waals surface area contributed by atoms with E-state index in [0.717, 1.165) is 6.54 Å². The molecule has 20 heavy (non-hydrogen) atoms. The van der Waals surface area contributed by atoms with Gasteiger partial charge < -0.3 is 10.4 Å². The van der Waals surface area contributed by atoms with Gasteiger partial charge in [-0.1, -0.05) is 12.5 Å². The van der Waals surface area contributed by atoms with Crippen molar-refractivity contribution in [1.82, 2.24) is 9.38 Å². The molecule has 106 valence electrons. The van der Waals surface area contributed by atoms with Gasteiger partial charge in [0.25, 0.3) is 0 Å². The Kier molecular flexibility index (Phi) is 3.82. The number of thioether (sulfide) groups is 1. The zero-order valence-corrected chi connectivity index (χ0v) is 11.9. The summed E-state index contributed by atoms with van der Waals surface area (Å²) < 4.78 is 1.61. The second kappa shape index (κ2) is 5.75. The lowest BCUT2D eigenvalue weighted by Gasteiger charge is -2.21. The topological polar surface area (TPSA) is 66.6 Å². The van der Waals surface area contributed by atoms with Crippen molar-refractivity contribution in [3.05, 3.63) is 30.1 Å². The zero-order valence-electron chi connectivity index (χ0n) is 11.1. The molecule has 0 saturated carbocycles. The summed E-state index contributed by atoms with van der Waals surface area (Å²) in [5.74, 6) is 0.709. The molecule has 1 fully saturated rings. The van der Waals surface area contributed by atoms with Gasteiger partial charge in [-0.15, -0.1) is 0 Å². The van der Waals surface area contributed by atoms with Crippen molar-refractivity contribution >= 4 is 29.2 Å². The molecule has 0 amide bonds. The number of pyridine rings is 1. The van der Waals surface area contributed by atoms with Crippen molar-refractivity contribution in [1.29, 1.82) is 0 Å². The van der Waals surface area contributed by atoms with E-state index in [-0.39, 0.29) is 5.69 Å². The molecular formula is C14H17N3O2S. The summed E-state index contributed by atoms with van der Waals surface area (Å²) in [7, 11) is 0. The Morgan fingerprint density at radius 1 is 1.50 bits per heavy atom. The van der Waals surface area contributed by atoms with Gasteiger partial charge in [-0.2, -0.15) is 11.8 Å². The first-order valence-corrected chi connectivity index (χ1v) is 7.86. The molecule has 3 heterocycles. The first-order valence-electron chi connectivity index (χ1n) is 6.81. The molecule has 2 aromatic heterocycles. The predicted molar refractivity (Wildman–Crippen MR) is 80.7 cm³/mol. The second-order valence-corrected chi connectivity index (χ2v) is 6.32. The van der Waals surface area contributed by atoms with Crippen LogP contribution in [0.2, 0.25) is 0 Å². The van der Waals surface area contributed by atoms with Crippen molar-refractivity contribution < 1.29 is 9.90 Å². The van der Waals surface area contributed by atoms with Crippen LogP contribution >= 0.6 is 11.8 Å². The Labute approximate surface area is 121 Å². The highest BCUT2D eigenvalue weighted by Gasteiger charge is 2.20. The molecule has 1 aliphatic rings. The van der Waals surface area contributed by atoms with Gasteiger partial charge in [0.1, 0.15) is 5.65 Å². The van der Waals surface area contributed by atoms with Gasteiger partial charge in [-0.3, -0.25) is 4.40 Å². The summed E-state index contributed by atoms with van der Waals surface area (Å²) in [5.41, 5.74) is 0.866. The van der Waals surface area contributed by atoms with Crippen LogP contribution in [-0.4, -0.2) is 38.0 Å². The highest BCUT2D eigenvalue weighted by molar-refractivity contribution is 7.99. The van der Waals surface area contributed by atoms with Crippen molar-refractivity contribution in [3.63, 3.8) is 0 Å². The van der Waals surface area contributed by atoms with E-state index < -0.39 is 5.97 Å². The molecular weight excluding hydrogens is 274 g/mol. The fraction of sp³-hybridized carbons (Fsp3) is 0.429. The first-order chi connectivity index (χ1) is 9.75. The van der Waals surface area contributed by atoms with Crippen LogP contribution in [-0.2, 0) is 0 Å². The Morgan fingerprint density at radius 2 is 2.40 bits per heavy atom. The molecule has 2 aromatic rings. The molecule has 5 nitrogen and oxygen atoms in total. The van der Waals surface area contributed by atoms with Crippen molar-refractivity contribution in [2.24, 2.45) is 0 Å². The quantitative estimate of drug-likeness (QED) is 0.906. The van der Waals surface area contributed by atoms with Gasteiger partial charge in [0.15, 0.2) is 11.5 Å². The third-order valence-corrected chi connectivity index (χ3v) is 4.90. The fourth-order valence-corrected chi connectivity index (χ4v) is 3.74. The summed E-state index contributed by atoms with van der Waals surface area (Å²) in [5, 5.41) is 13.2. The third kappa shape index (κ3) is 2.60. The second-order valence-electron chi connectivity index (χ2n) is 4.91. The number of nitrogens with zero attached hydrogens (tertiary/aromatic N) is 2. The average molecular weight is 291 g/mol. The lowest BCUT2D eigenvalue weighted by molar-refractivity contribution is 0.0690. The highest BCUT2D eigenvalue weighted by atomic mass is 32.2. The number of aromatic nitrogens is 2. The molecule has 0 spiro atoms. The summed E-state index contributed by atoms with van der Waals surface area (Å²) >= 11 is 1.96. The molecule has 6 heteroatoms. The number of aromatic carboxylic acids is 1. The Hall–Kier alpha value is -1.69. The highest BCUT2D eigenvalue weighted by Crippen LogP contribution is 2.26. The van der Waals surface area contributed by atoms with Crippen LogP contribution in [0.15, 0.2) is 24.4 Å². The molecule has 2 N–H and O–H groups in total. The van der Waals surface area contributed by atoms with Crippen LogP contribution in [0.5, 0.6) is 0 Å². The lowest BCUT2D eigenvalue weighted by atomic mass is 10.2. The minimum atomic E-state index is -0.956. The van der Waals surface area contributed by atoms with Gasteiger partial charge in [0.05, 0.1) is 0 Å². The first kappa shape index (κ1) is 13.3. The molecule has 1 aliphatic heterocycles. The minimum absolute atomic E-state index is 0.210. The number of anilines is 1. The maximum absolute atomic E-state index is 11.4. The lowest BCUT2D eigenvalue weighted by Crippen LogP contribution is -2.21. The molecule has 0 radical (unpaired) electrons. The smallest absolute Gasteiger partial charge is 0.356 e. The van der Waals surface area contributed by atoms with E-state index in [9.17, 15) is 9.90 Å². The number of imidazole rings is 1. The average Bonchev–Trinajstić information content (AvgIpc) is 2.84. The van der Waals surface area contributed by atoms with Crippen molar-refractivity contribution in [3.8, 4) is 0 Å². The van der Waals surface area contributed by atoms with E-state index >= 15 is 0 Å². The monoisotopic (exact) mass is 291 g/mol. The number of carbonyl (C=O) groups is 1. The van der Waals surface area contributed by atoms with E-state index in [1.807, 2.05) is 30.0 Å². The van der Waals surface area contributed by atoms with Gasteiger partial charge in [-0.05, 0) is 30.7 Å². The molecule has 1 saturated heterocycles. The minimum Gasteiger partial charge on any atom is -0.476 e. The molecule has 0 bridgehead atoms. The zero-order chi connectivity index (χ0) is 13.9. The molecule has 3 rings (SSSR count). The van der Waals surface area contributed by atoms with Crippen LogP contribution in [0, 0.1) is 0 Å². The van der Waals surface area contributed by atoms with E-state index in [1.165, 1.54) is 25.0 Å². The van der Waals surface area contributed by atoms with E-state index in [2.05, 4.69) is 10.3 Å². The summed E-state index contributed by atoms with van der Waals surface area (Å²) in [4.78, 5) is 15.8. The van der Waals surface area contributed by atoms with Gasteiger partial charge in [-0.25, -0.2) is 9.78 Å². The normalized spacial score (nSPS) is 19.1. The maximum atomic E-state index is 11.4. The van der Waals surface area contributed by atoms with Crippen molar-refractivity contribution in [2.75, 3.05) is 17.6 Å². The number of nitrogens with one attached hydrogen (secondary N) is 1. The standard InChI is InChI=1S/C14H17N3O2S/c18-14(19)12-13(15-9-10-5-2-4-8-20-10)16-11-6-1-3-7-17(11)12/h1,3,6-7,10,15H,2,4-5,8-9H2,(H,18,19). The summed E-state index contributed by atoms with van der Waals surface area (Å²) in [6.07, 6.45) is 5.46. The maximum Gasteiger partial charge on any atom is 0.356 e. The molecule has 1 atom stereocenters. The Bertz CT molecular complexity index is 620. The molecule has 0 aliphatic carbocycles.